The Hall–Kier alpha value is -1.58. The number of carbonyl (C=O) groups is 1. The van der Waals surface area contributed by atoms with Crippen molar-refractivity contribution in [2.75, 3.05) is 26.0 Å². The molecule has 0 bridgehead atoms. The molecule has 0 saturated heterocycles. The molecule has 1 aromatic rings. The summed E-state index contributed by atoms with van der Waals surface area (Å²) in [6, 6.07) is 3.53. The van der Waals surface area contributed by atoms with Crippen molar-refractivity contribution in [3.05, 3.63) is 23.9 Å². The van der Waals surface area contributed by atoms with Crippen LogP contribution in [0.3, 0.4) is 0 Å². The minimum atomic E-state index is -0.0333. The largest absolute Gasteiger partial charge is 0.370 e. The fourth-order valence-corrected chi connectivity index (χ4v) is 1.13. The second-order valence-electron chi connectivity index (χ2n) is 3.13. The fourth-order valence-electron chi connectivity index (χ4n) is 1.13. The van der Waals surface area contributed by atoms with Gasteiger partial charge in [0.2, 0.25) is 0 Å². The molecule has 1 heterocycles. The van der Waals surface area contributed by atoms with Crippen molar-refractivity contribution in [3.63, 3.8) is 0 Å². The van der Waals surface area contributed by atoms with Crippen LogP contribution in [0.15, 0.2) is 18.3 Å². The van der Waals surface area contributed by atoms with Crippen LogP contribution in [0, 0.1) is 0 Å². The Morgan fingerprint density at radius 3 is 2.86 bits per heavy atom. The lowest BCUT2D eigenvalue weighted by molar-refractivity contribution is 0.0828. The Kier molecular flexibility index (Phi) is 3.45. The molecule has 1 aromatic heterocycles. The number of anilines is 1. The van der Waals surface area contributed by atoms with E-state index in [1.807, 2.05) is 6.92 Å². The number of nitrogens with zero attached hydrogens (tertiary/aromatic N) is 2. The van der Waals surface area contributed by atoms with Crippen molar-refractivity contribution in [2.24, 2.45) is 0 Å². The van der Waals surface area contributed by atoms with Crippen LogP contribution in [0.1, 0.15) is 17.3 Å². The average Bonchev–Trinajstić information content (AvgIpc) is 2.18. The van der Waals surface area contributed by atoms with Crippen LogP contribution >= 0.6 is 0 Å². The predicted molar refractivity (Wildman–Crippen MR) is 56.4 cm³/mol. The minimum absolute atomic E-state index is 0.0333. The van der Waals surface area contributed by atoms with Crippen LogP contribution in [-0.4, -0.2) is 36.4 Å². The molecule has 1 rings (SSSR count). The van der Waals surface area contributed by atoms with Gasteiger partial charge in [0.05, 0.1) is 5.56 Å². The number of carbonyl (C=O) groups excluding carboxylic acids is 1. The molecular weight excluding hydrogens is 178 g/mol. The van der Waals surface area contributed by atoms with E-state index < -0.39 is 0 Å². The molecule has 4 nitrogen and oxygen atoms in total. The molecule has 1 N–H and O–H groups in total. The number of hydrogen-bond donors (Lipinski definition) is 1. The Labute approximate surface area is 83.9 Å². The van der Waals surface area contributed by atoms with E-state index in [0.717, 1.165) is 6.54 Å². The number of amides is 1. The van der Waals surface area contributed by atoms with Crippen LogP contribution < -0.4 is 5.32 Å². The summed E-state index contributed by atoms with van der Waals surface area (Å²) in [5.74, 6) is 0.614. The Morgan fingerprint density at radius 2 is 2.29 bits per heavy atom. The molecule has 0 aliphatic carbocycles. The van der Waals surface area contributed by atoms with Crippen molar-refractivity contribution < 1.29 is 4.79 Å². The van der Waals surface area contributed by atoms with Crippen LogP contribution in [-0.2, 0) is 0 Å². The molecule has 0 spiro atoms. The van der Waals surface area contributed by atoms with Gasteiger partial charge in [0.15, 0.2) is 0 Å². The van der Waals surface area contributed by atoms with E-state index >= 15 is 0 Å². The first-order chi connectivity index (χ1) is 6.66. The highest BCUT2D eigenvalue weighted by Crippen LogP contribution is 2.12. The fraction of sp³-hybridized carbons (Fsp3) is 0.400. The molecule has 4 heteroatoms. The molecular formula is C10H15N3O. The number of nitrogens with one attached hydrogen (secondary N) is 1. The van der Waals surface area contributed by atoms with Crippen LogP contribution in [0.4, 0.5) is 5.82 Å². The van der Waals surface area contributed by atoms with E-state index in [4.69, 9.17) is 0 Å². The van der Waals surface area contributed by atoms with Gasteiger partial charge in [0.25, 0.3) is 5.91 Å². The third-order valence-corrected chi connectivity index (χ3v) is 1.79. The summed E-state index contributed by atoms with van der Waals surface area (Å²) in [4.78, 5) is 17.3. The van der Waals surface area contributed by atoms with E-state index in [0.29, 0.717) is 11.4 Å². The third-order valence-electron chi connectivity index (χ3n) is 1.79. The maximum Gasteiger partial charge on any atom is 0.257 e. The molecule has 0 unspecified atom stereocenters. The Bertz CT molecular complexity index is 323. The number of hydrogen-bond acceptors (Lipinski definition) is 3. The molecule has 0 aliphatic heterocycles. The smallest absolute Gasteiger partial charge is 0.257 e. The summed E-state index contributed by atoms with van der Waals surface area (Å²) >= 11 is 0. The highest BCUT2D eigenvalue weighted by Gasteiger charge is 2.12. The van der Waals surface area contributed by atoms with E-state index in [9.17, 15) is 4.79 Å². The minimum Gasteiger partial charge on any atom is -0.370 e. The summed E-state index contributed by atoms with van der Waals surface area (Å²) in [6.45, 7) is 2.73. The Balaban J connectivity index is 3.00. The maximum atomic E-state index is 11.7. The summed E-state index contributed by atoms with van der Waals surface area (Å²) in [7, 11) is 3.45. The first-order valence-corrected chi connectivity index (χ1v) is 4.57. The third kappa shape index (κ3) is 2.22. The van der Waals surface area contributed by atoms with Gasteiger partial charge in [-0.1, -0.05) is 0 Å². The van der Waals surface area contributed by atoms with Gasteiger partial charge in [-0.05, 0) is 19.1 Å². The lowest BCUT2D eigenvalue weighted by Crippen LogP contribution is -2.23. The van der Waals surface area contributed by atoms with Crippen molar-refractivity contribution >= 4 is 11.7 Å². The SMILES string of the molecule is CCNc1ncccc1C(=O)N(C)C. The van der Waals surface area contributed by atoms with E-state index in [2.05, 4.69) is 10.3 Å². The molecule has 14 heavy (non-hydrogen) atoms. The Morgan fingerprint density at radius 1 is 1.57 bits per heavy atom. The molecule has 0 fully saturated rings. The predicted octanol–water partition coefficient (Wildman–Crippen LogP) is 1.22. The van der Waals surface area contributed by atoms with Gasteiger partial charge >= 0.3 is 0 Å². The van der Waals surface area contributed by atoms with E-state index in [-0.39, 0.29) is 5.91 Å². The van der Waals surface area contributed by atoms with Gasteiger partial charge in [0.1, 0.15) is 5.82 Å². The second kappa shape index (κ2) is 4.60. The first kappa shape index (κ1) is 10.5. The topological polar surface area (TPSA) is 45.2 Å². The lowest BCUT2D eigenvalue weighted by Gasteiger charge is -2.13. The summed E-state index contributed by atoms with van der Waals surface area (Å²) in [6.07, 6.45) is 1.67. The van der Waals surface area contributed by atoms with Crippen LogP contribution in [0.5, 0.6) is 0 Å². The molecule has 0 radical (unpaired) electrons. The molecule has 1 amide bonds. The van der Waals surface area contributed by atoms with Gasteiger partial charge in [-0.2, -0.15) is 0 Å². The lowest BCUT2D eigenvalue weighted by atomic mass is 10.2. The van der Waals surface area contributed by atoms with Gasteiger partial charge in [0, 0.05) is 26.8 Å². The van der Waals surface area contributed by atoms with Crippen molar-refractivity contribution in [1.29, 1.82) is 0 Å². The van der Waals surface area contributed by atoms with Gasteiger partial charge in [-0.25, -0.2) is 4.98 Å². The number of aromatic nitrogens is 1. The molecule has 0 aromatic carbocycles. The van der Waals surface area contributed by atoms with Gasteiger partial charge < -0.3 is 10.2 Å². The van der Waals surface area contributed by atoms with Crippen molar-refractivity contribution in [2.45, 2.75) is 6.92 Å². The first-order valence-electron chi connectivity index (χ1n) is 4.57. The van der Waals surface area contributed by atoms with Crippen molar-refractivity contribution in [3.8, 4) is 0 Å². The molecule has 0 aliphatic rings. The highest BCUT2D eigenvalue weighted by molar-refractivity contribution is 5.98. The zero-order chi connectivity index (χ0) is 10.6. The van der Waals surface area contributed by atoms with Gasteiger partial charge in [-0.3, -0.25) is 4.79 Å². The zero-order valence-corrected chi connectivity index (χ0v) is 8.74. The molecule has 0 atom stereocenters. The normalized spacial score (nSPS) is 9.64. The summed E-state index contributed by atoms with van der Waals surface area (Å²) in [5, 5.41) is 3.05. The standard InChI is InChI=1S/C10H15N3O/c1-4-11-9-8(6-5-7-12-9)10(14)13(2)3/h5-7H,4H2,1-3H3,(H,11,12). The zero-order valence-electron chi connectivity index (χ0n) is 8.74. The number of pyridine rings is 1. The van der Waals surface area contributed by atoms with Crippen molar-refractivity contribution in [1.82, 2.24) is 9.88 Å². The van der Waals surface area contributed by atoms with Crippen LogP contribution in [0.2, 0.25) is 0 Å². The second-order valence-corrected chi connectivity index (χ2v) is 3.13. The van der Waals surface area contributed by atoms with Gasteiger partial charge in [-0.15, -0.1) is 0 Å². The van der Waals surface area contributed by atoms with Crippen LogP contribution in [0.25, 0.3) is 0 Å². The maximum absolute atomic E-state index is 11.7. The summed E-state index contributed by atoms with van der Waals surface area (Å²) < 4.78 is 0. The monoisotopic (exact) mass is 193 g/mol. The molecule has 76 valence electrons. The average molecular weight is 193 g/mol. The molecule has 0 saturated carbocycles. The number of rotatable bonds is 3. The summed E-state index contributed by atoms with van der Waals surface area (Å²) in [5.41, 5.74) is 0.611. The van der Waals surface area contributed by atoms with E-state index in [1.54, 1.807) is 32.4 Å². The highest BCUT2D eigenvalue weighted by atomic mass is 16.2. The quantitative estimate of drug-likeness (QED) is 0.785. The van der Waals surface area contributed by atoms with E-state index in [1.165, 1.54) is 4.90 Å².